The third kappa shape index (κ3) is 3.90. The van der Waals surface area contributed by atoms with Gasteiger partial charge >= 0.3 is 0 Å². The van der Waals surface area contributed by atoms with Crippen molar-refractivity contribution in [3.8, 4) is 0 Å². The zero-order chi connectivity index (χ0) is 22.7. The lowest BCUT2D eigenvalue weighted by Crippen LogP contribution is -2.55. The molecule has 5 atom stereocenters. The molecule has 0 saturated carbocycles. The van der Waals surface area contributed by atoms with E-state index in [1.807, 2.05) is 30.3 Å². The third-order valence-corrected chi connectivity index (χ3v) is 7.08. The van der Waals surface area contributed by atoms with Gasteiger partial charge in [-0.25, -0.2) is 0 Å². The third-order valence-electron chi connectivity index (χ3n) is 7.08. The van der Waals surface area contributed by atoms with Crippen molar-refractivity contribution >= 4 is 17.7 Å². The monoisotopic (exact) mass is 443 g/mol. The molecule has 3 heterocycles. The lowest BCUT2D eigenvalue weighted by Gasteiger charge is -2.33. The number of hydrogen-bond donors (Lipinski definition) is 3. The van der Waals surface area contributed by atoms with Gasteiger partial charge in [-0.05, 0) is 24.8 Å². The Morgan fingerprint density at radius 2 is 1.97 bits per heavy atom. The summed E-state index contributed by atoms with van der Waals surface area (Å²) in [4.78, 5) is 41.2. The standard InChI is InChI=1S/C24H33N3O5/c1-2-3-7-12-25-22(30)20-24-11-10-17(32-24)18(19(24)23(31)27(20)13-14-28)21(29)26-15-16-8-5-4-6-9-16/h4-6,8-9,17-20,28H,2-3,7,10-15H2,1H3,(H,25,30)(H,26,29)/t17-,18+,19-,20?,24?/m0/s1. The molecule has 0 aliphatic carbocycles. The average Bonchev–Trinajstić information content (AvgIpc) is 3.44. The molecule has 2 unspecified atom stereocenters. The maximum Gasteiger partial charge on any atom is 0.245 e. The number of aliphatic hydroxyl groups is 1. The van der Waals surface area contributed by atoms with Gasteiger partial charge in [0.1, 0.15) is 11.6 Å². The van der Waals surface area contributed by atoms with Crippen molar-refractivity contribution < 1.29 is 24.2 Å². The number of rotatable bonds is 10. The van der Waals surface area contributed by atoms with E-state index in [4.69, 9.17) is 4.74 Å². The summed E-state index contributed by atoms with van der Waals surface area (Å²) in [5, 5.41) is 15.5. The first kappa shape index (κ1) is 22.7. The Bertz CT molecular complexity index is 847. The minimum Gasteiger partial charge on any atom is -0.395 e. The van der Waals surface area contributed by atoms with Crippen molar-refractivity contribution in [1.29, 1.82) is 0 Å². The lowest BCUT2D eigenvalue weighted by atomic mass is 9.70. The molecule has 8 nitrogen and oxygen atoms in total. The SMILES string of the molecule is CCCCCNC(=O)C1N(CCO)C(=O)[C@@H]2[C@H](C(=O)NCc3ccccc3)[C@@H]3CCC12O3. The van der Waals surface area contributed by atoms with Gasteiger partial charge in [0.15, 0.2) is 0 Å². The van der Waals surface area contributed by atoms with Gasteiger partial charge in [0, 0.05) is 19.6 Å². The quantitative estimate of drug-likeness (QED) is 0.467. The number of fused-ring (bicyclic) bond motifs is 1. The lowest BCUT2D eigenvalue weighted by molar-refractivity contribution is -0.142. The normalized spacial score (nSPS) is 30.4. The summed E-state index contributed by atoms with van der Waals surface area (Å²) in [6, 6.07) is 8.79. The van der Waals surface area contributed by atoms with Crippen LogP contribution in [0.3, 0.4) is 0 Å². The topological polar surface area (TPSA) is 108 Å². The number of aliphatic hydroxyl groups excluding tert-OH is 1. The molecule has 3 saturated heterocycles. The van der Waals surface area contributed by atoms with E-state index >= 15 is 0 Å². The number of hydrogen-bond acceptors (Lipinski definition) is 5. The number of carbonyl (C=O) groups excluding carboxylic acids is 3. The van der Waals surface area contributed by atoms with Gasteiger partial charge in [-0.15, -0.1) is 0 Å². The van der Waals surface area contributed by atoms with Crippen LogP contribution in [-0.4, -0.2) is 65.2 Å². The Morgan fingerprint density at radius 3 is 2.69 bits per heavy atom. The van der Waals surface area contributed by atoms with E-state index in [0.29, 0.717) is 25.9 Å². The van der Waals surface area contributed by atoms with Crippen LogP contribution in [0.25, 0.3) is 0 Å². The van der Waals surface area contributed by atoms with Crippen LogP contribution in [0.1, 0.15) is 44.6 Å². The molecule has 1 spiro atoms. The van der Waals surface area contributed by atoms with E-state index in [1.54, 1.807) is 0 Å². The molecule has 8 heteroatoms. The molecule has 2 bridgehead atoms. The fraction of sp³-hybridized carbons (Fsp3) is 0.625. The van der Waals surface area contributed by atoms with Crippen LogP contribution in [0, 0.1) is 11.8 Å². The molecule has 1 aromatic carbocycles. The predicted molar refractivity (Wildman–Crippen MR) is 117 cm³/mol. The largest absolute Gasteiger partial charge is 0.395 e. The van der Waals surface area contributed by atoms with Gasteiger partial charge in [-0.1, -0.05) is 50.1 Å². The molecule has 4 rings (SSSR count). The molecule has 0 radical (unpaired) electrons. The molecule has 3 amide bonds. The van der Waals surface area contributed by atoms with E-state index < -0.39 is 23.5 Å². The Labute approximate surface area is 188 Å². The molecule has 0 aromatic heterocycles. The number of benzene rings is 1. The van der Waals surface area contributed by atoms with Gasteiger partial charge in [0.25, 0.3) is 0 Å². The van der Waals surface area contributed by atoms with Gasteiger partial charge < -0.3 is 25.4 Å². The number of nitrogens with zero attached hydrogens (tertiary/aromatic N) is 1. The molecule has 1 aromatic rings. The van der Waals surface area contributed by atoms with E-state index in [2.05, 4.69) is 17.6 Å². The van der Waals surface area contributed by atoms with Crippen molar-refractivity contribution in [3.63, 3.8) is 0 Å². The summed E-state index contributed by atoms with van der Waals surface area (Å²) in [5.41, 5.74) is -0.0239. The second-order valence-corrected chi connectivity index (χ2v) is 9.01. The maximum atomic E-state index is 13.4. The Kier molecular flexibility index (Phi) is 6.81. The molecule has 3 fully saturated rings. The van der Waals surface area contributed by atoms with E-state index in [1.165, 1.54) is 4.90 Å². The van der Waals surface area contributed by atoms with Crippen LogP contribution in [0.5, 0.6) is 0 Å². The molecule has 3 aliphatic heterocycles. The first-order valence-electron chi connectivity index (χ1n) is 11.7. The number of amides is 3. The summed E-state index contributed by atoms with van der Waals surface area (Å²) >= 11 is 0. The highest BCUT2D eigenvalue weighted by atomic mass is 16.5. The highest BCUT2D eigenvalue weighted by Gasteiger charge is 2.74. The smallest absolute Gasteiger partial charge is 0.245 e. The molecular formula is C24H33N3O5. The number of likely N-dealkylation sites (tertiary alicyclic amines) is 1. The molecule has 174 valence electrons. The molecular weight excluding hydrogens is 410 g/mol. The number of carbonyl (C=O) groups is 3. The number of β-amino-alcohol motifs (C(OH)–C–C–N with tert-alkyl or cyclic N) is 1. The van der Waals surface area contributed by atoms with Crippen LogP contribution in [0.15, 0.2) is 30.3 Å². The summed E-state index contributed by atoms with van der Waals surface area (Å²) in [6.45, 7) is 2.81. The van der Waals surface area contributed by atoms with E-state index in [-0.39, 0.29) is 37.0 Å². The Hall–Kier alpha value is -2.45. The minimum absolute atomic E-state index is 0.0521. The molecule has 3 aliphatic rings. The second-order valence-electron chi connectivity index (χ2n) is 9.01. The summed E-state index contributed by atoms with van der Waals surface area (Å²) in [6.07, 6.45) is 3.76. The van der Waals surface area contributed by atoms with E-state index in [9.17, 15) is 19.5 Å². The van der Waals surface area contributed by atoms with Crippen molar-refractivity contribution in [1.82, 2.24) is 15.5 Å². The van der Waals surface area contributed by atoms with Crippen LogP contribution in [0.4, 0.5) is 0 Å². The van der Waals surface area contributed by atoms with Crippen LogP contribution < -0.4 is 10.6 Å². The molecule has 32 heavy (non-hydrogen) atoms. The van der Waals surface area contributed by atoms with Crippen LogP contribution in [0.2, 0.25) is 0 Å². The molecule has 3 N–H and O–H groups in total. The zero-order valence-electron chi connectivity index (χ0n) is 18.6. The summed E-state index contributed by atoms with van der Waals surface area (Å²) in [5.74, 6) is -2.06. The van der Waals surface area contributed by atoms with Gasteiger partial charge in [-0.3, -0.25) is 14.4 Å². The summed E-state index contributed by atoms with van der Waals surface area (Å²) < 4.78 is 6.31. The summed E-state index contributed by atoms with van der Waals surface area (Å²) in [7, 11) is 0. The highest BCUT2D eigenvalue weighted by Crippen LogP contribution is 2.58. The number of ether oxygens (including phenoxy) is 1. The minimum atomic E-state index is -0.999. The van der Waals surface area contributed by atoms with Gasteiger partial charge in [-0.2, -0.15) is 0 Å². The van der Waals surface area contributed by atoms with Crippen LogP contribution in [-0.2, 0) is 25.7 Å². The van der Waals surface area contributed by atoms with E-state index in [0.717, 1.165) is 24.8 Å². The first-order chi connectivity index (χ1) is 15.5. The van der Waals surface area contributed by atoms with Gasteiger partial charge in [0.2, 0.25) is 17.7 Å². The maximum absolute atomic E-state index is 13.4. The second kappa shape index (κ2) is 9.58. The van der Waals surface area contributed by atoms with Crippen molar-refractivity contribution in [2.24, 2.45) is 11.8 Å². The number of nitrogens with one attached hydrogen (secondary N) is 2. The van der Waals surface area contributed by atoms with Crippen molar-refractivity contribution in [2.75, 3.05) is 19.7 Å². The average molecular weight is 444 g/mol. The number of unbranched alkanes of at least 4 members (excludes halogenated alkanes) is 2. The Morgan fingerprint density at radius 1 is 1.19 bits per heavy atom. The highest BCUT2D eigenvalue weighted by molar-refractivity contribution is 5.98. The fourth-order valence-electron chi connectivity index (χ4n) is 5.69. The van der Waals surface area contributed by atoms with Crippen molar-refractivity contribution in [3.05, 3.63) is 35.9 Å². The van der Waals surface area contributed by atoms with Crippen LogP contribution >= 0.6 is 0 Å². The Balaban J connectivity index is 1.52. The predicted octanol–water partition coefficient (Wildman–Crippen LogP) is 0.976. The fourth-order valence-corrected chi connectivity index (χ4v) is 5.69. The first-order valence-corrected chi connectivity index (χ1v) is 11.7. The van der Waals surface area contributed by atoms with Gasteiger partial charge in [0.05, 0.1) is 24.5 Å². The zero-order valence-corrected chi connectivity index (χ0v) is 18.6. The van der Waals surface area contributed by atoms with Crippen molar-refractivity contribution in [2.45, 2.75) is 63.3 Å².